The van der Waals surface area contributed by atoms with Crippen molar-refractivity contribution in [1.82, 2.24) is 0 Å². The van der Waals surface area contributed by atoms with Crippen LogP contribution in [0.4, 0.5) is 0 Å². The molecule has 0 aromatic rings. The molecular formula is C4H9NaO2P+. The third kappa shape index (κ3) is 10.1. The molecular weight excluding hydrogens is 134 g/mol. The van der Waals surface area contributed by atoms with Crippen molar-refractivity contribution in [2.75, 3.05) is 6.16 Å². The van der Waals surface area contributed by atoms with Gasteiger partial charge in [-0.05, 0) is 5.92 Å². The smallest absolute Gasteiger partial charge is 0.596 e. The van der Waals surface area contributed by atoms with Gasteiger partial charge in [-0.2, -0.15) is 0 Å². The van der Waals surface area contributed by atoms with E-state index in [0.717, 1.165) is 0 Å². The van der Waals surface area contributed by atoms with Crippen molar-refractivity contribution in [1.29, 1.82) is 0 Å². The molecule has 0 aromatic carbocycles. The first kappa shape index (κ1) is 11.8. The summed E-state index contributed by atoms with van der Waals surface area (Å²) in [7, 11) is -2.14. The van der Waals surface area contributed by atoms with Gasteiger partial charge in [-0.1, -0.05) is 18.4 Å². The molecule has 1 atom stereocenters. The Morgan fingerprint density at radius 3 is 2.00 bits per heavy atom. The second-order valence-electron chi connectivity index (χ2n) is 1.91. The molecule has 0 saturated heterocycles. The fourth-order valence-corrected chi connectivity index (χ4v) is 0.894. The Balaban J connectivity index is 0. The topological polar surface area (TPSA) is 40.1 Å². The molecule has 0 saturated carbocycles. The SMILES string of the molecule is CC(C)C[P+](=O)[O-].[Na+]. The predicted molar refractivity (Wildman–Crippen MR) is 27.3 cm³/mol. The standard InChI is InChI=1S/C4H9O2P.Na/c1-4(2)3-7(5)6;/h4H,3H2,1-2H3;/q;+1. The van der Waals surface area contributed by atoms with Crippen LogP contribution in [-0.4, -0.2) is 6.16 Å². The Kier molecular flexibility index (Phi) is 9.13. The molecule has 0 fully saturated rings. The maximum Gasteiger partial charge on any atom is 1.00 e. The Morgan fingerprint density at radius 1 is 1.62 bits per heavy atom. The van der Waals surface area contributed by atoms with Crippen LogP contribution < -0.4 is 34.5 Å². The molecule has 1 unspecified atom stereocenters. The molecule has 0 radical (unpaired) electrons. The minimum Gasteiger partial charge on any atom is -0.596 e. The molecule has 0 bridgehead atoms. The van der Waals surface area contributed by atoms with Crippen LogP contribution >= 0.6 is 8.03 Å². The first-order chi connectivity index (χ1) is 3.13. The van der Waals surface area contributed by atoms with Crippen molar-refractivity contribution < 1.29 is 39.0 Å². The van der Waals surface area contributed by atoms with Gasteiger partial charge in [0.1, 0.15) is 6.16 Å². The van der Waals surface area contributed by atoms with Gasteiger partial charge < -0.3 is 4.89 Å². The van der Waals surface area contributed by atoms with Crippen LogP contribution in [0.5, 0.6) is 0 Å². The van der Waals surface area contributed by atoms with E-state index >= 15 is 0 Å². The summed E-state index contributed by atoms with van der Waals surface area (Å²) in [6, 6.07) is 0. The van der Waals surface area contributed by atoms with E-state index in [1.807, 2.05) is 13.8 Å². The van der Waals surface area contributed by atoms with Gasteiger partial charge in [0, 0.05) is 0 Å². The zero-order valence-electron chi connectivity index (χ0n) is 5.55. The van der Waals surface area contributed by atoms with E-state index in [2.05, 4.69) is 0 Å². The van der Waals surface area contributed by atoms with E-state index < -0.39 is 8.03 Å². The van der Waals surface area contributed by atoms with Crippen LogP contribution in [0.1, 0.15) is 13.8 Å². The van der Waals surface area contributed by atoms with Crippen molar-refractivity contribution in [2.45, 2.75) is 13.8 Å². The van der Waals surface area contributed by atoms with E-state index in [9.17, 15) is 9.46 Å². The second-order valence-corrected chi connectivity index (χ2v) is 2.94. The summed E-state index contributed by atoms with van der Waals surface area (Å²) < 4.78 is 9.85. The average Bonchev–Trinajstić information content (AvgIpc) is 1.27. The summed E-state index contributed by atoms with van der Waals surface area (Å²) in [6.07, 6.45) is 0.315. The molecule has 0 heterocycles. The maximum absolute atomic E-state index is 9.85. The van der Waals surface area contributed by atoms with Gasteiger partial charge in [0.15, 0.2) is 0 Å². The molecule has 0 rings (SSSR count). The zero-order valence-corrected chi connectivity index (χ0v) is 8.44. The molecule has 42 valence electrons. The molecule has 0 aliphatic heterocycles. The molecule has 4 heteroatoms. The monoisotopic (exact) mass is 143 g/mol. The Bertz CT molecular complexity index is 74.4. The number of hydrogen-bond donors (Lipinski definition) is 0. The Morgan fingerprint density at radius 2 is 2.00 bits per heavy atom. The van der Waals surface area contributed by atoms with E-state index in [0.29, 0.717) is 6.16 Å². The second kappa shape index (κ2) is 6.18. The zero-order chi connectivity index (χ0) is 5.86. The van der Waals surface area contributed by atoms with Gasteiger partial charge in [-0.3, -0.25) is 0 Å². The van der Waals surface area contributed by atoms with Crippen molar-refractivity contribution in [3.8, 4) is 0 Å². The van der Waals surface area contributed by atoms with Gasteiger partial charge in [0.2, 0.25) is 0 Å². The molecule has 0 amide bonds. The van der Waals surface area contributed by atoms with Gasteiger partial charge in [-0.15, -0.1) is 0 Å². The third-order valence-electron chi connectivity index (χ3n) is 0.514. The van der Waals surface area contributed by atoms with Crippen molar-refractivity contribution >= 4 is 8.03 Å². The fraction of sp³-hybridized carbons (Fsp3) is 1.00. The van der Waals surface area contributed by atoms with Crippen molar-refractivity contribution in [2.24, 2.45) is 5.92 Å². The third-order valence-corrected chi connectivity index (χ3v) is 1.54. The summed E-state index contributed by atoms with van der Waals surface area (Å²) in [6.45, 7) is 3.76. The molecule has 0 aliphatic carbocycles. The summed E-state index contributed by atoms with van der Waals surface area (Å²) in [4.78, 5) is 9.85. The molecule has 0 aromatic heterocycles. The van der Waals surface area contributed by atoms with Crippen LogP contribution in [0.2, 0.25) is 0 Å². The molecule has 0 N–H and O–H groups in total. The normalized spacial score (nSPS) is 10.8. The van der Waals surface area contributed by atoms with E-state index in [1.54, 1.807) is 0 Å². The van der Waals surface area contributed by atoms with Crippen LogP contribution in [0.3, 0.4) is 0 Å². The van der Waals surface area contributed by atoms with Crippen molar-refractivity contribution in [3.63, 3.8) is 0 Å². The van der Waals surface area contributed by atoms with Crippen LogP contribution in [0.15, 0.2) is 0 Å². The number of rotatable bonds is 2. The molecule has 0 aliphatic rings. The molecule has 0 spiro atoms. The average molecular weight is 143 g/mol. The minimum atomic E-state index is -2.14. The Labute approximate surface area is 72.8 Å². The van der Waals surface area contributed by atoms with Gasteiger partial charge in [0.25, 0.3) is 0 Å². The molecule has 8 heavy (non-hydrogen) atoms. The van der Waals surface area contributed by atoms with Crippen LogP contribution in [0, 0.1) is 5.92 Å². The maximum atomic E-state index is 9.85. The van der Waals surface area contributed by atoms with Crippen molar-refractivity contribution in [3.05, 3.63) is 0 Å². The quantitative estimate of drug-likeness (QED) is 0.323. The minimum absolute atomic E-state index is 0. The first-order valence-electron chi connectivity index (χ1n) is 2.24. The molecule has 2 nitrogen and oxygen atoms in total. The Hall–Kier alpha value is 1.06. The number of hydrogen-bond acceptors (Lipinski definition) is 2. The predicted octanol–water partition coefficient (Wildman–Crippen LogP) is -2.25. The van der Waals surface area contributed by atoms with Gasteiger partial charge in [0.05, 0.1) is 0 Å². The summed E-state index contributed by atoms with van der Waals surface area (Å²) in [5, 5.41) is 0. The van der Waals surface area contributed by atoms with E-state index in [-0.39, 0.29) is 35.5 Å². The van der Waals surface area contributed by atoms with Gasteiger partial charge >= 0.3 is 37.6 Å². The van der Waals surface area contributed by atoms with Crippen LogP contribution in [0.25, 0.3) is 0 Å². The van der Waals surface area contributed by atoms with Crippen LogP contribution in [-0.2, 0) is 4.57 Å². The summed E-state index contributed by atoms with van der Waals surface area (Å²) in [5.74, 6) is 0.279. The van der Waals surface area contributed by atoms with E-state index in [4.69, 9.17) is 0 Å². The summed E-state index contributed by atoms with van der Waals surface area (Å²) in [5.41, 5.74) is 0. The van der Waals surface area contributed by atoms with E-state index in [1.165, 1.54) is 0 Å². The summed E-state index contributed by atoms with van der Waals surface area (Å²) >= 11 is 0. The largest absolute Gasteiger partial charge is 1.00 e. The first-order valence-corrected chi connectivity index (χ1v) is 3.61. The fourth-order valence-electron chi connectivity index (χ4n) is 0.298. The van der Waals surface area contributed by atoms with Gasteiger partial charge in [-0.25, -0.2) is 0 Å².